The molecular weight excluding hydrogens is 479 g/mol. The van der Waals surface area contributed by atoms with Crippen LogP contribution in [-0.2, 0) is 21.9 Å². The van der Waals surface area contributed by atoms with Gasteiger partial charge in [0.1, 0.15) is 11.8 Å². The van der Waals surface area contributed by atoms with Crippen LogP contribution in [-0.4, -0.2) is 42.2 Å². The topological polar surface area (TPSA) is 58.6 Å². The fourth-order valence-electron chi connectivity index (χ4n) is 3.36. The summed E-state index contributed by atoms with van der Waals surface area (Å²) >= 11 is 13.7. The highest BCUT2D eigenvalue weighted by molar-refractivity contribution is 7.99. The predicted molar refractivity (Wildman–Crippen MR) is 138 cm³/mol. The molecule has 0 saturated carbocycles. The Balaban J connectivity index is 2.14. The third-order valence-electron chi connectivity index (χ3n) is 5.20. The summed E-state index contributed by atoms with van der Waals surface area (Å²) in [4.78, 5) is 27.9. The quantitative estimate of drug-likeness (QED) is 0.337. The van der Waals surface area contributed by atoms with Crippen LogP contribution in [0, 0.1) is 0 Å². The summed E-state index contributed by atoms with van der Waals surface area (Å²) in [5.74, 6) is 1.32. The molecule has 180 valence electrons. The van der Waals surface area contributed by atoms with Crippen LogP contribution in [0.1, 0.15) is 44.2 Å². The van der Waals surface area contributed by atoms with E-state index in [-0.39, 0.29) is 17.6 Å². The zero-order chi connectivity index (χ0) is 24.2. The van der Waals surface area contributed by atoms with E-state index in [2.05, 4.69) is 12.2 Å². The molecule has 8 heteroatoms. The van der Waals surface area contributed by atoms with E-state index in [4.69, 9.17) is 27.9 Å². The molecule has 33 heavy (non-hydrogen) atoms. The van der Waals surface area contributed by atoms with Gasteiger partial charge in [-0.15, -0.1) is 11.8 Å². The van der Waals surface area contributed by atoms with E-state index >= 15 is 0 Å². The van der Waals surface area contributed by atoms with Gasteiger partial charge in [0.25, 0.3) is 0 Å². The lowest BCUT2D eigenvalue weighted by Crippen LogP contribution is -2.49. The fourth-order valence-corrected chi connectivity index (χ4v) is 4.83. The van der Waals surface area contributed by atoms with Crippen molar-refractivity contribution in [3.63, 3.8) is 0 Å². The van der Waals surface area contributed by atoms with Crippen molar-refractivity contribution in [2.24, 2.45) is 0 Å². The monoisotopic (exact) mass is 510 g/mol. The molecule has 5 nitrogen and oxygen atoms in total. The number of nitrogens with one attached hydrogen (secondary N) is 1. The number of ether oxygens (including phenoxy) is 1. The Hall–Kier alpha value is -1.89. The number of thioether (sulfide) groups is 1. The number of unbranched alkanes of at least 4 members (excludes halogenated alkanes) is 1. The second kappa shape index (κ2) is 14.4. The van der Waals surface area contributed by atoms with Crippen LogP contribution in [0.25, 0.3) is 0 Å². The predicted octanol–water partition coefficient (Wildman–Crippen LogP) is 5.96. The Morgan fingerprint density at radius 2 is 1.94 bits per heavy atom. The first-order valence-corrected chi connectivity index (χ1v) is 13.0. The van der Waals surface area contributed by atoms with Gasteiger partial charge in [0.05, 0.1) is 12.9 Å². The van der Waals surface area contributed by atoms with E-state index in [0.29, 0.717) is 41.1 Å². The molecule has 0 aliphatic carbocycles. The molecule has 0 saturated heterocycles. The summed E-state index contributed by atoms with van der Waals surface area (Å²) in [5, 5.41) is 4.14. The molecule has 2 amide bonds. The first kappa shape index (κ1) is 27.4. The summed E-state index contributed by atoms with van der Waals surface area (Å²) in [6.45, 7) is 4.94. The van der Waals surface area contributed by atoms with Crippen LogP contribution in [0.4, 0.5) is 0 Å². The van der Waals surface area contributed by atoms with Crippen LogP contribution in [0.15, 0.2) is 42.5 Å². The number of methoxy groups -OCH3 is 1. The number of halogens is 2. The van der Waals surface area contributed by atoms with E-state index in [1.54, 1.807) is 24.1 Å². The van der Waals surface area contributed by atoms with Gasteiger partial charge in [-0.25, -0.2) is 0 Å². The average molecular weight is 512 g/mol. The summed E-state index contributed by atoms with van der Waals surface area (Å²) in [7, 11) is 1.61. The van der Waals surface area contributed by atoms with E-state index < -0.39 is 6.04 Å². The highest BCUT2D eigenvalue weighted by atomic mass is 35.5. The van der Waals surface area contributed by atoms with Crippen molar-refractivity contribution in [2.75, 3.05) is 19.4 Å². The van der Waals surface area contributed by atoms with Crippen LogP contribution >= 0.6 is 35.0 Å². The zero-order valence-electron chi connectivity index (χ0n) is 19.4. The van der Waals surface area contributed by atoms with Gasteiger partial charge in [-0.3, -0.25) is 9.59 Å². The number of amides is 2. The summed E-state index contributed by atoms with van der Waals surface area (Å²) < 4.78 is 5.32. The van der Waals surface area contributed by atoms with Crippen molar-refractivity contribution in [3.8, 4) is 5.75 Å². The van der Waals surface area contributed by atoms with Gasteiger partial charge in [0.15, 0.2) is 0 Å². The maximum absolute atomic E-state index is 13.3. The molecule has 0 bridgehead atoms. The third kappa shape index (κ3) is 8.76. The second-order valence-electron chi connectivity index (χ2n) is 7.67. The largest absolute Gasteiger partial charge is 0.497 e. The number of carbonyl (C=O) groups is 2. The minimum absolute atomic E-state index is 0.0922. The molecule has 1 unspecified atom stereocenters. The van der Waals surface area contributed by atoms with E-state index in [9.17, 15) is 9.59 Å². The van der Waals surface area contributed by atoms with Crippen LogP contribution < -0.4 is 10.1 Å². The van der Waals surface area contributed by atoms with Crippen molar-refractivity contribution in [1.29, 1.82) is 0 Å². The maximum Gasteiger partial charge on any atom is 0.242 e. The molecule has 0 spiro atoms. The molecular formula is C25H32Cl2N2O3S. The van der Waals surface area contributed by atoms with Crippen molar-refractivity contribution in [2.45, 2.75) is 51.4 Å². The molecule has 0 aliphatic heterocycles. The molecule has 0 aromatic heterocycles. The SMILES string of the molecule is CCCCNC(=O)C(CC)N(Cc1cccc(OC)c1)C(=O)CSCc1ccc(Cl)cc1Cl. The molecule has 1 N–H and O–H groups in total. The van der Waals surface area contributed by atoms with Gasteiger partial charge in [-0.05, 0) is 48.2 Å². The fraction of sp³-hybridized carbons (Fsp3) is 0.440. The lowest BCUT2D eigenvalue weighted by atomic mass is 10.1. The van der Waals surface area contributed by atoms with E-state index in [1.807, 2.05) is 37.3 Å². The van der Waals surface area contributed by atoms with Crippen molar-refractivity contribution < 1.29 is 14.3 Å². The van der Waals surface area contributed by atoms with Crippen molar-refractivity contribution >= 4 is 46.8 Å². The highest BCUT2D eigenvalue weighted by Crippen LogP contribution is 2.25. The smallest absolute Gasteiger partial charge is 0.242 e. The number of hydrogen-bond acceptors (Lipinski definition) is 4. The lowest BCUT2D eigenvalue weighted by molar-refractivity contribution is -0.139. The summed E-state index contributed by atoms with van der Waals surface area (Å²) in [5.41, 5.74) is 1.83. The molecule has 2 rings (SSSR count). The second-order valence-corrected chi connectivity index (χ2v) is 9.50. The van der Waals surface area contributed by atoms with Crippen molar-refractivity contribution in [3.05, 3.63) is 63.6 Å². The Kier molecular flexibility index (Phi) is 11.9. The average Bonchev–Trinajstić information content (AvgIpc) is 2.80. The minimum Gasteiger partial charge on any atom is -0.497 e. The Labute approximate surface area is 211 Å². The van der Waals surface area contributed by atoms with Gasteiger partial charge in [-0.1, -0.05) is 61.7 Å². The number of nitrogens with zero attached hydrogens (tertiary/aromatic N) is 1. The molecule has 0 heterocycles. The molecule has 1 atom stereocenters. The highest BCUT2D eigenvalue weighted by Gasteiger charge is 2.28. The van der Waals surface area contributed by atoms with E-state index in [1.165, 1.54) is 11.8 Å². The van der Waals surface area contributed by atoms with Crippen molar-refractivity contribution in [1.82, 2.24) is 10.2 Å². The van der Waals surface area contributed by atoms with Gasteiger partial charge in [0.2, 0.25) is 11.8 Å². The van der Waals surface area contributed by atoms with Gasteiger partial charge < -0.3 is 15.0 Å². The normalized spacial score (nSPS) is 11.7. The molecule has 0 fully saturated rings. The first-order chi connectivity index (χ1) is 15.9. The van der Waals surface area contributed by atoms with Crippen LogP contribution in [0.5, 0.6) is 5.75 Å². The zero-order valence-corrected chi connectivity index (χ0v) is 21.7. The number of benzene rings is 2. The molecule has 2 aromatic rings. The minimum atomic E-state index is -0.541. The van der Waals surface area contributed by atoms with Gasteiger partial charge in [-0.2, -0.15) is 0 Å². The Bertz CT molecular complexity index is 926. The summed E-state index contributed by atoms with van der Waals surface area (Å²) in [6.07, 6.45) is 2.43. The standard InChI is InChI=1S/C25H32Cl2N2O3S/c1-4-6-12-28-25(31)23(5-2)29(15-18-8-7-9-21(13-18)32-3)24(30)17-33-16-19-10-11-20(26)14-22(19)27/h7-11,13-14,23H,4-6,12,15-17H2,1-3H3,(H,28,31). The van der Waals surface area contributed by atoms with Crippen LogP contribution in [0.2, 0.25) is 10.0 Å². The van der Waals surface area contributed by atoms with Gasteiger partial charge >= 0.3 is 0 Å². The number of carbonyl (C=O) groups excluding carboxylic acids is 2. The lowest BCUT2D eigenvalue weighted by Gasteiger charge is -2.30. The molecule has 2 aromatic carbocycles. The Morgan fingerprint density at radius 3 is 2.61 bits per heavy atom. The van der Waals surface area contributed by atoms with Gasteiger partial charge in [0, 0.05) is 28.9 Å². The summed E-state index contributed by atoms with van der Waals surface area (Å²) in [6, 6.07) is 12.4. The Morgan fingerprint density at radius 1 is 1.15 bits per heavy atom. The van der Waals surface area contributed by atoms with Crippen LogP contribution in [0.3, 0.4) is 0 Å². The molecule has 0 radical (unpaired) electrons. The number of hydrogen-bond donors (Lipinski definition) is 1. The van der Waals surface area contributed by atoms with E-state index in [0.717, 1.165) is 24.0 Å². The third-order valence-corrected chi connectivity index (χ3v) is 6.75. The first-order valence-electron chi connectivity index (χ1n) is 11.1. The maximum atomic E-state index is 13.3. The molecule has 0 aliphatic rings. The number of rotatable bonds is 13.